The van der Waals surface area contributed by atoms with Crippen molar-refractivity contribution in [3.05, 3.63) is 182 Å². The number of hydrogen-bond donors (Lipinski definition) is 0. The van der Waals surface area contributed by atoms with Crippen molar-refractivity contribution < 1.29 is 4.42 Å². The maximum atomic E-state index is 6.83. The van der Waals surface area contributed by atoms with Crippen molar-refractivity contribution in [3.8, 4) is 33.4 Å². The molecule has 0 unspecified atom stereocenters. The van der Waals surface area contributed by atoms with E-state index in [1.165, 1.54) is 96.6 Å². The van der Waals surface area contributed by atoms with Crippen LogP contribution in [0.1, 0.15) is 0 Å². The van der Waals surface area contributed by atoms with Gasteiger partial charge in [0.15, 0.2) is 5.58 Å². The van der Waals surface area contributed by atoms with Gasteiger partial charge in [-0.25, -0.2) is 0 Å². The SMILES string of the molecule is c1ccc(-c2c3ccccc3c(-c3ccc4cc(-c5cc6c7ccc8c9ccccc9sc8c7oc6c6ccccc56)ccc4c3)c3ccccc23)cc1. The maximum absolute atomic E-state index is 6.83. The van der Waals surface area contributed by atoms with E-state index in [9.17, 15) is 0 Å². The van der Waals surface area contributed by atoms with Gasteiger partial charge in [-0.05, 0) is 101 Å². The molecule has 12 aromatic rings. The number of furan rings is 1. The summed E-state index contributed by atoms with van der Waals surface area (Å²) in [6, 6.07) is 66.7. The Balaban J connectivity index is 1.04. The summed E-state index contributed by atoms with van der Waals surface area (Å²) >= 11 is 1.82. The zero-order chi connectivity index (χ0) is 35.3. The molecule has 10 aromatic carbocycles. The standard InChI is InChI=1S/C52H30OS/c1-2-12-31(13-3-1)48-38-16-5-7-18-40(38)49(41-19-8-6-17-39(41)48)35-25-23-32-28-34(24-22-33(32)29-35)45-30-46-43-26-27-44-37-15-10-11-21-47(37)54-52(44)51(43)53-50(46)42-20-9-4-14-36(42)45/h1-30H. The van der Waals surface area contributed by atoms with Crippen molar-refractivity contribution in [2.24, 2.45) is 0 Å². The largest absolute Gasteiger partial charge is 0.454 e. The van der Waals surface area contributed by atoms with Gasteiger partial charge in [-0.15, -0.1) is 11.3 Å². The molecule has 2 heteroatoms. The molecule has 0 aliphatic rings. The number of rotatable bonds is 3. The van der Waals surface area contributed by atoms with Gasteiger partial charge < -0.3 is 4.42 Å². The van der Waals surface area contributed by atoms with E-state index in [0.29, 0.717) is 0 Å². The van der Waals surface area contributed by atoms with E-state index in [0.717, 1.165) is 21.9 Å². The minimum absolute atomic E-state index is 0.956. The lowest BCUT2D eigenvalue weighted by atomic mass is 9.85. The number of benzene rings is 10. The molecule has 0 aliphatic heterocycles. The Morgan fingerprint density at radius 2 is 0.833 bits per heavy atom. The van der Waals surface area contributed by atoms with E-state index in [1.807, 2.05) is 11.3 Å². The topological polar surface area (TPSA) is 13.1 Å². The van der Waals surface area contributed by atoms with Crippen LogP contribution in [-0.2, 0) is 0 Å². The van der Waals surface area contributed by atoms with Gasteiger partial charge in [-0.3, -0.25) is 0 Å². The smallest absolute Gasteiger partial charge is 0.153 e. The van der Waals surface area contributed by atoms with Gasteiger partial charge in [-0.2, -0.15) is 0 Å². The maximum Gasteiger partial charge on any atom is 0.153 e. The second-order valence-corrected chi connectivity index (χ2v) is 15.4. The predicted molar refractivity (Wildman–Crippen MR) is 233 cm³/mol. The number of fused-ring (bicyclic) bond motifs is 12. The Bertz CT molecular complexity index is 3440. The van der Waals surface area contributed by atoms with Crippen LogP contribution in [0.4, 0.5) is 0 Å². The molecule has 0 saturated heterocycles. The highest BCUT2D eigenvalue weighted by Crippen LogP contribution is 2.47. The van der Waals surface area contributed by atoms with Gasteiger partial charge in [-0.1, -0.05) is 152 Å². The fourth-order valence-corrected chi connectivity index (χ4v) is 10.2. The summed E-state index contributed by atoms with van der Waals surface area (Å²) in [6.45, 7) is 0. The summed E-state index contributed by atoms with van der Waals surface area (Å²) in [5, 5.41) is 14.7. The van der Waals surface area contributed by atoms with Gasteiger partial charge in [0.1, 0.15) is 5.58 Å². The molecule has 0 amide bonds. The van der Waals surface area contributed by atoms with Gasteiger partial charge >= 0.3 is 0 Å². The average Bonchev–Trinajstić information content (AvgIpc) is 3.81. The van der Waals surface area contributed by atoms with E-state index in [1.54, 1.807) is 0 Å². The molecule has 0 N–H and O–H groups in total. The van der Waals surface area contributed by atoms with E-state index < -0.39 is 0 Å². The first-order chi connectivity index (χ1) is 26.8. The highest BCUT2D eigenvalue weighted by Gasteiger charge is 2.20. The molecule has 0 radical (unpaired) electrons. The molecule has 2 heterocycles. The third-order valence-corrected chi connectivity index (χ3v) is 12.6. The quantitative estimate of drug-likeness (QED) is 0.167. The summed E-state index contributed by atoms with van der Waals surface area (Å²) in [7, 11) is 0. The molecule has 0 atom stereocenters. The van der Waals surface area contributed by atoms with Crippen LogP contribution in [0.5, 0.6) is 0 Å². The van der Waals surface area contributed by atoms with Crippen LogP contribution < -0.4 is 0 Å². The first kappa shape index (κ1) is 29.8. The third kappa shape index (κ3) is 4.26. The zero-order valence-corrected chi connectivity index (χ0v) is 30.0. The van der Waals surface area contributed by atoms with Gasteiger partial charge in [0.25, 0.3) is 0 Å². The van der Waals surface area contributed by atoms with Crippen molar-refractivity contribution in [1.29, 1.82) is 0 Å². The second-order valence-electron chi connectivity index (χ2n) is 14.3. The summed E-state index contributed by atoms with van der Waals surface area (Å²) in [5.74, 6) is 0. The van der Waals surface area contributed by atoms with Crippen LogP contribution in [0.2, 0.25) is 0 Å². The Morgan fingerprint density at radius 3 is 1.54 bits per heavy atom. The fourth-order valence-electron chi connectivity index (χ4n) is 9.00. The van der Waals surface area contributed by atoms with E-state index in [2.05, 4.69) is 182 Å². The molecule has 0 saturated carbocycles. The van der Waals surface area contributed by atoms with Gasteiger partial charge in [0.05, 0.1) is 4.70 Å². The van der Waals surface area contributed by atoms with Crippen molar-refractivity contribution in [2.45, 2.75) is 0 Å². The lowest BCUT2D eigenvalue weighted by Crippen LogP contribution is -1.91. The molecule has 2 aromatic heterocycles. The molecule has 0 aliphatic carbocycles. The van der Waals surface area contributed by atoms with Crippen LogP contribution >= 0.6 is 11.3 Å². The normalized spacial score (nSPS) is 12.1. The van der Waals surface area contributed by atoms with Crippen molar-refractivity contribution in [1.82, 2.24) is 0 Å². The lowest BCUT2D eigenvalue weighted by Gasteiger charge is -2.18. The van der Waals surface area contributed by atoms with Crippen molar-refractivity contribution in [3.63, 3.8) is 0 Å². The molecule has 1 nitrogen and oxygen atoms in total. The highest BCUT2D eigenvalue weighted by atomic mass is 32.1. The Hall–Kier alpha value is -6.74. The monoisotopic (exact) mass is 702 g/mol. The minimum Gasteiger partial charge on any atom is -0.454 e. The average molecular weight is 703 g/mol. The Labute approximate surface area is 314 Å². The van der Waals surface area contributed by atoms with Crippen LogP contribution in [0, 0.1) is 0 Å². The van der Waals surface area contributed by atoms with E-state index >= 15 is 0 Å². The van der Waals surface area contributed by atoms with Crippen molar-refractivity contribution >= 4 is 96.5 Å². The first-order valence-corrected chi connectivity index (χ1v) is 19.3. The van der Waals surface area contributed by atoms with Crippen LogP contribution in [0.3, 0.4) is 0 Å². The molecule has 54 heavy (non-hydrogen) atoms. The molecule has 0 bridgehead atoms. The van der Waals surface area contributed by atoms with E-state index in [-0.39, 0.29) is 0 Å². The molecule has 0 spiro atoms. The van der Waals surface area contributed by atoms with Crippen LogP contribution in [0.15, 0.2) is 186 Å². The van der Waals surface area contributed by atoms with Crippen molar-refractivity contribution in [2.75, 3.05) is 0 Å². The minimum atomic E-state index is 0.956. The molecule has 12 rings (SSSR count). The summed E-state index contributed by atoms with van der Waals surface area (Å²) < 4.78 is 9.33. The van der Waals surface area contributed by atoms with Crippen LogP contribution in [0.25, 0.3) is 119 Å². The summed E-state index contributed by atoms with van der Waals surface area (Å²) in [4.78, 5) is 0. The van der Waals surface area contributed by atoms with Gasteiger partial charge in [0, 0.05) is 31.6 Å². The number of thiophene rings is 1. The second kappa shape index (κ2) is 11.4. The first-order valence-electron chi connectivity index (χ1n) is 18.5. The van der Waals surface area contributed by atoms with Gasteiger partial charge in [0.2, 0.25) is 0 Å². The summed E-state index contributed by atoms with van der Waals surface area (Å²) in [6.07, 6.45) is 0. The highest BCUT2D eigenvalue weighted by molar-refractivity contribution is 7.26. The Kier molecular flexibility index (Phi) is 6.28. The number of hydrogen-bond acceptors (Lipinski definition) is 2. The predicted octanol–water partition coefficient (Wildman–Crippen LogP) is 15.6. The van der Waals surface area contributed by atoms with Crippen LogP contribution in [-0.4, -0.2) is 0 Å². The molecule has 250 valence electrons. The molecular formula is C52H30OS. The fraction of sp³-hybridized carbons (Fsp3) is 0. The molecule has 0 fully saturated rings. The zero-order valence-electron chi connectivity index (χ0n) is 29.1. The third-order valence-electron chi connectivity index (χ3n) is 11.4. The summed E-state index contributed by atoms with van der Waals surface area (Å²) in [5.41, 5.74) is 9.40. The molecular weight excluding hydrogens is 673 g/mol. The Morgan fingerprint density at radius 1 is 0.315 bits per heavy atom. The lowest BCUT2D eigenvalue weighted by molar-refractivity contribution is 0.677. The van der Waals surface area contributed by atoms with E-state index in [4.69, 9.17) is 4.42 Å².